The molecule has 0 aromatic heterocycles. The second kappa shape index (κ2) is 3.85. The first-order valence-corrected chi connectivity index (χ1v) is 6.32. The summed E-state index contributed by atoms with van der Waals surface area (Å²) in [5.41, 5.74) is 0. The monoisotopic (exact) mass is 271 g/mol. The smallest absolute Gasteiger partial charge is 0.428 e. The number of carbonyl (C=O) groups excluding carboxylic acids is 1. The van der Waals surface area contributed by atoms with Gasteiger partial charge in [0.25, 0.3) is 0 Å². The van der Waals surface area contributed by atoms with Gasteiger partial charge in [0, 0.05) is 6.42 Å². The van der Waals surface area contributed by atoms with Crippen LogP contribution in [0, 0.1) is 0 Å². The van der Waals surface area contributed by atoms with Crippen molar-refractivity contribution < 1.29 is 36.0 Å². The third-order valence-corrected chi connectivity index (χ3v) is 3.65. The van der Waals surface area contributed by atoms with Crippen molar-refractivity contribution in [1.82, 2.24) is 0 Å². The molecule has 2 bridgehead atoms. The van der Waals surface area contributed by atoms with E-state index in [1.807, 2.05) is 0 Å². The summed E-state index contributed by atoms with van der Waals surface area (Å²) in [6, 6.07) is 0. The SMILES string of the molecule is O=C(OC1CC2CCC1O2)C(F)(F)S(=O)(=O)[O-]. The molecule has 2 aliphatic rings. The molecule has 0 aromatic rings. The minimum Gasteiger partial charge on any atom is -0.743 e. The highest BCUT2D eigenvalue weighted by Gasteiger charge is 2.52. The Bertz CT molecular complexity index is 433. The van der Waals surface area contributed by atoms with E-state index in [1.54, 1.807) is 0 Å². The second-order valence-electron chi connectivity index (χ2n) is 4.02. The van der Waals surface area contributed by atoms with Gasteiger partial charge in [-0.3, -0.25) is 0 Å². The molecule has 0 amide bonds. The number of carbonyl (C=O) groups is 1. The fourth-order valence-electron chi connectivity index (χ4n) is 2.02. The average Bonchev–Trinajstić information content (AvgIpc) is 2.76. The fourth-order valence-corrected chi connectivity index (χ4v) is 2.28. The maximum atomic E-state index is 12.8. The number of halogens is 2. The minimum absolute atomic E-state index is 0.143. The predicted octanol–water partition coefficient (Wildman–Crippen LogP) is -0.0125. The molecule has 2 aliphatic heterocycles. The molecule has 2 heterocycles. The Balaban J connectivity index is 2.03. The lowest BCUT2D eigenvalue weighted by atomic mass is 9.98. The van der Waals surface area contributed by atoms with Crippen molar-refractivity contribution in [1.29, 1.82) is 0 Å². The molecule has 0 aromatic carbocycles. The molecule has 2 saturated heterocycles. The summed E-state index contributed by atoms with van der Waals surface area (Å²) in [4.78, 5) is 10.9. The molecule has 0 radical (unpaired) electrons. The maximum Gasteiger partial charge on any atom is 0.428 e. The summed E-state index contributed by atoms with van der Waals surface area (Å²) in [5, 5.41) is -5.05. The number of hydrogen-bond acceptors (Lipinski definition) is 6. The van der Waals surface area contributed by atoms with Gasteiger partial charge >= 0.3 is 11.2 Å². The van der Waals surface area contributed by atoms with Crippen LogP contribution in [0.3, 0.4) is 0 Å². The Labute approximate surface area is 95.6 Å². The van der Waals surface area contributed by atoms with Crippen molar-refractivity contribution in [2.24, 2.45) is 0 Å². The van der Waals surface area contributed by atoms with Crippen LogP contribution in [0.2, 0.25) is 0 Å². The first-order valence-electron chi connectivity index (χ1n) is 4.91. The quantitative estimate of drug-likeness (QED) is 0.529. The van der Waals surface area contributed by atoms with Crippen LogP contribution in [0.4, 0.5) is 8.78 Å². The summed E-state index contributed by atoms with van der Waals surface area (Å²) in [7, 11) is -6.05. The van der Waals surface area contributed by atoms with Crippen LogP contribution in [0.1, 0.15) is 19.3 Å². The zero-order valence-corrected chi connectivity index (χ0v) is 9.28. The third kappa shape index (κ3) is 2.14. The molecular formula is C8H9F2O6S-. The van der Waals surface area contributed by atoms with E-state index in [4.69, 9.17) is 4.74 Å². The van der Waals surface area contributed by atoms with Gasteiger partial charge in [-0.05, 0) is 12.8 Å². The molecule has 0 aliphatic carbocycles. The van der Waals surface area contributed by atoms with Gasteiger partial charge in [0.15, 0.2) is 10.1 Å². The third-order valence-electron chi connectivity index (χ3n) is 2.86. The summed E-state index contributed by atoms with van der Waals surface area (Å²) in [6.07, 6.45) is 0.0665. The highest BCUT2D eigenvalue weighted by Crippen LogP contribution is 2.37. The first kappa shape index (κ1) is 12.7. The van der Waals surface area contributed by atoms with Crippen molar-refractivity contribution >= 4 is 16.1 Å². The summed E-state index contributed by atoms with van der Waals surface area (Å²) < 4.78 is 65.8. The van der Waals surface area contributed by atoms with Crippen LogP contribution >= 0.6 is 0 Å². The summed E-state index contributed by atoms with van der Waals surface area (Å²) >= 11 is 0. The van der Waals surface area contributed by atoms with Gasteiger partial charge in [-0.15, -0.1) is 0 Å². The van der Waals surface area contributed by atoms with E-state index in [2.05, 4.69) is 4.74 Å². The molecule has 3 unspecified atom stereocenters. The fraction of sp³-hybridized carbons (Fsp3) is 0.875. The summed E-state index contributed by atoms with van der Waals surface area (Å²) in [5.74, 6) is -2.33. The van der Waals surface area contributed by atoms with E-state index in [1.165, 1.54) is 0 Å². The number of ether oxygens (including phenoxy) is 2. The molecule has 17 heavy (non-hydrogen) atoms. The number of fused-ring (bicyclic) bond motifs is 2. The summed E-state index contributed by atoms with van der Waals surface area (Å²) in [6.45, 7) is 0. The Hall–Kier alpha value is -0.800. The molecule has 2 rings (SSSR count). The van der Waals surface area contributed by atoms with Crippen molar-refractivity contribution in [2.45, 2.75) is 42.8 Å². The Morgan fingerprint density at radius 2 is 2.06 bits per heavy atom. The van der Waals surface area contributed by atoms with Crippen LogP contribution in [-0.4, -0.2) is 42.5 Å². The average molecular weight is 271 g/mol. The van der Waals surface area contributed by atoms with Crippen LogP contribution in [0.25, 0.3) is 0 Å². The topological polar surface area (TPSA) is 92.7 Å². The van der Waals surface area contributed by atoms with E-state index in [9.17, 15) is 26.5 Å². The van der Waals surface area contributed by atoms with Gasteiger partial charge in [0.1, 0.15) is 6.10 Å². The Morgan fingerprint density at radius 1 is 1.41 bits per heavy atom. The highest BCUT2D eigenvalue weighted by atomic mass is 32.2. The van der Waals surface area contributed by atoms with Crippen LogP contribution in [-0.2, 0) is 24.4 Å². The van der Waals surface area contributed by atoms with E-state index in [-0.39, 0.29) is 12.5 Å². The van der Waals surface area contributed by atoms with Crippen molar-refractivity contribution in [3.05, 3.63) is 0 Å². The van der Waals surface area contributed by atoms with Gasteiger partial charge in [-0.25, -0.2) is 13.2 Å². The van der Waals surface area contributed by atoms with Gasteiger partial charge in [-0.2, -0.15) is 8.78 Å². The highest BCUT2D eigenvalue weighted by molar-refractivity contribution is 7.87. The lowest BCUT2D eigenvalue weighted by Gasteiger charge is -2.23. The molecule has 98 valence electrons. The maximum absolute atomic E-state index is 12.8. The van der Waals surface area contributed by atoms with E-state index in [0.717, 1.165) is 6.42 Å². The Kier molecular flexibility index (Phi) is 2.87. The normalized spacial score (nSPS) is 32.8. The van der Waals surface area contributed by atoms with Crippen molar-refractivity contribution in [3.63, 3.8) is 0 Å². The molecule has 0 saturated carbocycles. The minimum atomic E-state index is -6.05. The molecular weight excluding hydrogens is 262 g/mol. The molecule has 3 atom stereocenters. The van der Waals surface area contributed by atoms with Gasteiger partial charge in [0.05, 0.1) is 12.2 Å². The van der Waals surface area contributed by atoms with Crippen LogP contribution in [0.5, 0.6) is 0 Å². The van der Waals surface area contributed by atoms with Crippen molar-refractivity contribution in [2.75, 3.05) is 0 Å². The molecule has 2 fully saturated rings. The number of esters is 1. The number of rotatable bonds is 3. The van der Waals surface area contributed by atoms with Gasteiger partial charge in [0.2, 0.25) is 0 Å². The largest absolute Gasteiger partial charge is 0.743 e. The van der Waals surface area contributed by atoms with E-state index >= 15 is 0 Å². The number of alkyl halides is 2. The molecule has 9 heteroatoms. The first-order chi connectivity index (χ1) is 7.72. The standard InChI is InChI=1S/C8H10F2O6S/c9-8(10,17(12,13)14)7(11)16-6-3-4-1-2-5(6)15-4/h4-6H,1-3H2,(H,12,13,14)/p-1. The lowest BCUT2D eigenvalue weighted by Crippen LogP contribution is -2.42. The van der Waals surface area contributed by atoms with E-state index < -0.39 is 33.5 Å². The van der Waals surface area contributed by atoms with Crippen LogP contribution < -0.4 is 0 Å². The second-order valence-corrected chi connectivity index (χ2v) is 5.45. The van der Waals surface area contributed by atoms with Gasteiger partial charge < -0.3 is 14.0 Å². The zero-order valence-electron chi connectivity index (χ0n) is 8.47. The zero-order chi connectivity index (χ0) is 12.8. The van der Waals surface area contributed by atoms with E-state index in [0.29, 0.717) is 6.42 Å². The lowest BCUT2D eigenvalue weighted by molar-refractivity contribution is -0.169. The van der Waals surface area contributed by atoms with Crippen molar-refractivity contribution in [3.8, 4) is 0 Å². The molecule has 0 N–H and O–H groups in total. The van der Waals surface area contributed by atoms with Crippen LogP contribution in [0.15, 0.2) is 0 Å². The Morgan fingerprint density at radius 3 is 2.47 bits per heavy atom. The molecule has 6 nitrogen and oxygen atoms in total. The molecule has 0 spiro atoms. The van der Waals surface area contributed by atoms with Gasteiger partial charge in [-0.1, -0.05) is 0 Å². The number of hydrogen-bond donors (Lipinski definition) is 0. The predicted molar refractivity (Wildman–Crippen MR) is 47.0 cm³/mol.